The molecule has 2 aromatic carbocycles. The largest absolute Gasteiger partial charge is 0.490 e. The van der Waals surface area contributed by atoms with E-state index in [2.05, 4.69) is 0 Å². The molecule has 4 heteroatoms. The van der Waals surface area contributed by atoms with Gasteiger partial charge >= 0.3 is 0 Å². The van der Waals surface area contributed by atoms with Gasteiger partial charge in [-0.15, -0.1) is 0 Å². The second kappa shape index (κ2) is 6.10. The molecule has 0 spiro atoms. The van der Waals surface area contributed by atoms with Gasteiger partial charge in [0.05, 0.1) is 6.10 Å². The lowest BCUT2D eigenvalue weighted by Crippen LogP contribution is -2.12. The molecule has 0 aromatic heterocycles. The molecule has 106 valence electrons. The van der Waals surface area contributed by atoms with E-state index in [4.69, 9.17) is 15.7 Å². The zero-order valence-electron chi connectivity index (χ0n) is 12.0. The van der Waals surface area contributed by atoms with Crippen LogP contribution in [-0.4, -0.2) is 12.0 Å². The smallest absolute Gasteiger partial charge is 0.259 e. The molecule has 4 nitrogen and oxygen atoms in total. The van der Waals surface area contributed by atoms with E-state index in [9.17, 15) is 4.79 Å². The lowest BCUT2D eigenvalue weighted by Gasteiger charge is -2.13. The summed E-state index contributed by atoms with van der Waals surface area (Å²) >= 11 is 0. The van der Waals surface area contributed by atoms with E-state index in [0.717, 1.165) is 22.1 Å². The summed E-state index contributed by atoms with van der Waals surface area (Å²) in [7, 11) is 0. The first-order valence-electron chi connectivity index (χ1n) is 6.63. The zero-order valence-corrected chi connectivity index (χ0v) is 12.0. The fraction of sp³-hybridized carbons (Fsp3) is 0.176. The number of rotatable bonds is 4. The molecule has 0 aliphatic rings. The number of amides is 1. The third-order valence-corrected chi connectivity index (χ3v) is 2.97. The summed E-state index contributed by atoms with van der Waals surface area (Å²) in [6, 6.07) is 13.2. The van der Waals surface area contributed by atoms with Crippen molar-refractivity contribution >= 4 is 22.8 Å². The van der Waals surface area contributed by atoms with Gasteiger partial charge in [-0.3, -0.25) is 4.79 Å². The maximum atomic E-state index is 11.2. The Morgan fingerprint density at radius 2 is 1.90 bits per heavy atom. The van der Waals surface area contributed by atoms with Crippen LogP contribution in [0.3, 0.4) is 0 Å². The predicted octanol–water partition coefficient (Wildman–Crippen LogP) is 3.02. The highest BCUT2D eigenvalue weighted by molar-refractivity contribution is 6.04. The predicted molar refractivity (Wildman–Crippen MR) is 82.5 cm³/mol. The van der Waals surface area contributed by atoms with Crippen LogP contribution in [0.15, 0.2) is 42.0 Å². The van der Waals surface area contributed by atoms with Crippen molar-refractivity contribution in [3.63, 3.8) is 0 Å². The quantitative estimate of drug-likeness (QED) is 0.691. The second-order valence-electron chi connectivity index (χ2n) is 4.90. The maximum Gasteiger partial charge on any atom is 0.259 e. The minimum Gasteiger partial charge on any atom is -0.490 e. The second-order valence-corrected chi connectivity index (χ2v) is 4.90. The average Bonchev–Trinajstić information content (AvgIpc) is 2.45. The van der Waals surface area contributed by atoms with Crippen LogP contribution in [-0.2, 0) is 4.79 Å². The third-order valence-electron chi connectivity index (χ3n) is 2.97. The lowest BCUT2D eigenvalue weighted by atomic mass is 10.0. The van der Waals surface area contributed by atoms with Gasteiger partial charge in [-0.1, -0.05) is 30.3 Å². The van der Waals surface area contributed by atoms with Crippen LogP contribution in [0.1, 0.15) is 19.4 Å². The van der Waals surface area contributed by atoms with Crippen molar-refractivity contribution in [3.05, 3.63) is 47.5 Å². The molecule has 0 radical (unpaired) electrons. The Labute approximate surface area is 123 Å². The van der Waals surface area contributed by atoms with Gasteiger partial charge in [-0.2, -0.15) is 5.26 Å². The standard InChI is InChI=1S/C17H16N2O2/c1-11(2)21-16-8-7-12(9-13(10-18)17(19)20)14-5-3-4-6-15(14)16/h3-9,11H,1-2H3,(H2,19,20)/b13-9-. The molecule has 1 amide bonds. The average molecular weight is 280 g/mol. The number of ether oxygens (including phenoxy) is 1. The number of nitrogens with two attached hydrogens (primary N) is 1. The van der Waals surface area contributed by atoms with E-state index in [0.29, 0.717) is 0 Å². The van der Waals surface area contributed by atoms with Gasteiger partial charge in [0.2, 0.25) is 0 Å². The molecule has 0 aliphatic carbocycles. The summed E-state index contributed by atoms with van der Waals surface area (Å²) in [5.74, 6) is 0.0411. The summed E-state index contributed by atoms with van der Waals surface area (Å²) in [4.78, 5) is 11.2. The molecule has 0 saturated heterocycles. The molecular formula is C17H16N2O2. The summed E-state index contributed by atoms with van der Waals surface area (Å²) < 4.78 is 5.78. The first kappa shape index (κ1) is 14.6. The minimum atomic E-state index is -0.732. The third kappa shape index (κ3) is 3.21. The molecular weight excluding hydrogens is 264 g/mol. The fourth-order valence-corrected chi connectivity index (χ4v) is 2.09. The van der Waals surface area contributed by atoms with Crippen LogP contribution in [0.4, 0.5) is 0 Å². The summed E-state index contributed by atoms with van der Waals surface area (Å²) in [6.07, 6.45) is 1.57. The molecule has 0 bridgehead atoms. The van der Waals surface area contributed by atoms with E-state index in [1.807, 2.05) is 56.3 Å². The number of nitrogens with zero attached hydrogens (tertiary/aromatic N) is 1. The van der Waals surface area contributed by atoms with Crippen LogP contribution < -0.4 is 10.5 Å². The van der Waals surface area contributed by atoms with Crippen LogP contribution in [0, 0.1) is 11.3 Å². The van der Waals surface area contributed by atoms with E-state index in [-0.39, 0.29) is 11.7 Å². The number of primary amides is 1. The van der Waals surface area contributed by atoms with Crippen molar-refractivity contribution in [2.75, 3.05) is 0 Å². The minimum absolute atomic E-state index is 0.0649. The zero-order chi connectivity index (χ0) is 15.4. The Kier molecular flexibility index (Phi) is 4.24. The number of hydrogen-bond donors (Lipinski definition) is 1. The topological polar surface area (TPSA) is 76.1 Å². The number of fused-ring (bicyclic) bond motifs is 1. The van der Waals surface area contributed by atoms with Gasteiger partial charge in [0.25, 0.3) is 5.91 Å². The molecule has 21 heavy (non-hydrogen) atoms. The van der Waals surface area contributed by atoms with Gasteiger partial charge in [-0.05, 0) is 36.9 Å². The number of carbonyl (C=O) groups is 1. The van der Waals surface area contributed by atoms with Crippen LogP contribution >= 0.6 is 0 Å². The highest BCUT2D eigenvalue weighted by Gasteiger charge is 2.09. The van der Waals surface area contributed by atoms with Gasteiger partial charge in [0.1, 0.15) is 17.4 Å². The van der Waals surface area contributed by atoms with Crippen molar-refractivity contribution in [1.82, 2.24) is 0 Å². The first-order valence-corrected chi connectivity index (χ1v) is 6.63. The van der Waals surface area contributed by atoms with Gasteiger partial charge in [0, 0.05) is 5.39 Å². The number of hydrogen-bond acceptors (Lipinski definition) is 3. The monoisotopic (exact) mass is 280 g/mol. The lowest BCUT2D eigenvalue weighted by molar-refractivity contribution is -0.114. The molecule has 0 heterocycles. The molecule has 0 atom stereocenters. The van der Waals surface area contributed by atoms with Crippen LogP contribution in [0.5, 0.6) is 5.75 Å². The summed E-state index contributed by atoms with van der Waals surface area (Å²) in [6.45, 7) is 3.92. The van der Waals surface area contributed by atoms with Crippen molar-refractivity contribution in [2.45, 2.75) is 20.0 Å². The van der Waals surface area contributed by atoms with E-state index < -0.39 is 5.91 Å². The highest BCUT2D eigenvalue weighted by Crippen LogP contribution is 2.30. The Bertz CT molecular complexity index is 755. The molecule has 2 aromatic rings. The van der Waals surface area contributed by atoms with E-state index in [1.54, 1.807) is 0 Å². The van der Waals surface area contributed by atoms with E-state index >= 15 is 0 Å². The maximum absolute atomic E-state index is 11.2. The normalized spacial score (nSPS) is 11.4. The summed E-state index contributed by atoms with van der Waals surface area (Å²) in [5.41, 5.74) is 5.87. The Morgan fingerprint density at radius 3 is 2.48 bits per heavy atom. The Balaban J connectivity index is 2.63. The number of benzene rings is 2. The van der Waals surface area contributed by atoms with Gasteiger partial charge < -0.3 is 10.5 Å². The molecule has 0 aliphatic heterocycles. The van der Waals surface area contributed by atoms with E-state index in [1.165, 1.54) is 6.08 Å². The van der Waals surface area contributed by atoms with Crippen molar-refractivity contribution in [1.29, 1.82) is 5.26 Å². The molecule has 2 rings (SSSR count). The van der Waals surface area contributed by atoms with Gasteiger partial charge in [-0.25, -0.2) is 0 Å². The van der Waals surface area contributed by atoms with Crippen LogP contribution in [0.2, 0.25) is 0 Å². The van der Waals surface area contributed by atoms with Gasteiger partial charge in [0.15, 0.2) is 0 Å². The number of nitriles is 1. The van der Waals surface area contributed by atoms with Crippen molar-refractivity contribution in [2.24, 2.45) is 5.73 Å². The van der Waals surface area contributed by atoms with Crippen molar-refractivity contribution in [3.8, 4) is 11.8 Å². The molecule has 0 fully saturated rings. The van der Waals surface area contributed by atoms with Crippen LogP contribution in [0.25, 0.3) is 16.8 Å². The number of carbonyl (C=O) groups excluding carboxylic acids is 1. The Morgan fingerprint density at radius 1 is 1.24 bits per heavy atom. The SMILES string of the molecule is CC(C)Oc1ccc(/C=C(/C#N)C(N)=O)c2ccccc12. The first-order chi connectivity index (χ1) is 10.0. The Hall–Kier alpha value is -2.80. The molecule has 2 N–H and O–H groups in total. The molecule has 0 saturated carbocycles. The summed E-state index contributed by atoms with van der Waals surface area (Å²) in [5, 5.41) is 10.8. The molecule has 0 unspecified atom stereocenters. The highest BCUT2D eigenvalue weighted by atomic mass is 16.5. The van der Waals surface area contributed by atoms with Crippen molar-refractivity contribution < 1.29 is 9.53 Å². The fourth-order valence-electron chi connectivity index (χ4n) is 2.09.